The molecule has 228 valence electrons. The van der Waals surface area contributed by atoms with E-state index in [1.54, 1.807) is 24.3 Å². The molecule has 1 heterocycles. The van der Waals surface area contributed by atoms with Crippen molar-refractivity contribution in [2.24, 2.45) is 5.41 Å². The molecule has 0 aromatic carbocycles. The second kappa shape index (κ2) is 25.0. The maximum atomic E-state index is 12.4. The van der Waals surface area contributed by atoms with Crippen molar-refractivity contribution >= 4 is 18.2 Å². The lowest BCUT2D eigenvalue weighted by molar-refractivity contribution is -0.127. The lowest BCUT2D eigenvalue weighted by atomic mass is 9.92. The summed E-state index contributed by atoms with van der Waals surface area (Å²) in [6.07, 6.45) is 18.5. The summed E-state index contributed by atoms with van der Waals surface area (Å²) in [4.78, 5) is 36.1. The van der Waals surface area contributed by atoms with Gasteiger partial charge in [-0.15, -0.1) is 0 Å². The topological polar surface area (TPSA) is 90.5 Å². The molecule has 3 N–H and O–H groups in total. The zero-order chi connectivity index (χ0) is 30.8. The van der Waals surface area contributed by atoms with Gasteiger partial charge in [-0.1, -0.05) is 65.0 Å². The van der Waals surface area contributed by atoms with E-state index in [1.165, 1.54) is 57.5 Å². The SMILES string of the molecule is C=C/C(=C\C=C(/C)F)CNC(=O)/C=C/CC.CC.CCC1CCCCN1CCCNC(=O)C(C)(C)/C=C/NC=O. The molecule has 1 atom stereocenters. The Morgan fingerprint density at radius 1 is 1.12 bits per heavy atom. The van der Waals surface area contributed by atoms with Crippen molar-refractivity contribution in [3.05, 3.63) is 60.6 Å². The lowest BCUT2D eigenvalue weighted by Crippen LogP contribution is -2.41. The van der Waals surface area contributed by atoms with Gasteiger partial charge < -0.3 is 20.9 Å². The summed E-state index contributed by atoms with van der Waals surface area (Å²) in [5.41, 5.74) is 0.142. The second-order valence-electron chi connectivity index (χ2n) is 9.77. The Hall–Kier alpha value is -3.00. The Morgan fingerprint density at radius 3 is 2.40 bits per heavy atom. The Morgan fingerprint density at radius 2 is 1.82 bits per heavy atom. The van der Waals surface area contributed by atoms with Crippen LogP contribution in [0.25, 0.3) is 0 Å². The summed E-state index contributed by atoms with van der Waals surface area (Å²) in [7, 11) is 0. The van der Waals surface area contributed by atoms with Crippen LogP contribution in [0.2, 0.25) is 0 Å². The van der Waals surface area contributed by atoms with Crippen LogP contribution in [0.5, 0.6) is 0 Å². The molecule has 1 rings (SSSR count). The monoisotopic (exact) mass is 562 g/mol. The van der Waals surface area contributed by atoms with E-state index in [0.29, 0.717) is 19.5 Å². The molecule has 1 aliphatic rings. The second-order valence-corrected chi connectivity index (χ2v) is 9.77. The molecule has 0 aromatic heterocycles. The van der Waals surface area contributed by atoms with Gasteiger partial charge in [0.1, 0.15) is 0 Å². The zero-order valence-electron chi connectivity index (χ0n) is 26.0. The highest BCUT2D eigenvalue weighted by molar-refractivity contribution is 5.87. The smallest absolute Gasteiger partial charge is 0.243 e. The van der Waals surface area contributed by atoms with Crippen LogP contribution in [-0.2, 0) is 14.4 Å². The molecule has 0 aromatic rings. The first-order valence-corrected chi connectivity index (χ1v) is 14.6. The van der Waals surface area contributed by atoms with Crippen molar-refractivity contribution in [2.45, 2.75) is 93.0 Å². The Balaban J connectivity index is 0. The molecule has 40 heavy (non-hydrogen) atoms. The van der Waals surface area contributed by atoms with Gasteiger partial charge in [-0.05, 0) is 77.1 Å². The zero-order valence-corrected chi connectivity index (χ0v) is 26.0. The van der Waals surface area contributed by atoms with Gasteiger partial charge in [-0.25, -0.2) is 4.39 Å². The maximum absolute atomic E-state index is 12.4. The highest BCUT2D eigenvalue weighted by atomic mass is 19.1. The van der Waals surface area contributed by atoms with E-state index < -0.39 is 5.41 Å². The quantitative estimate of drug-likeness (QED) is 0.0970. The molecule has 0 radical (unpaired) electrons. The van der Waals surface area contributed by atoms with Crippen molar-refractivity contribution in [2.75, 3.05) is 26.2 Å². The van der Waals surface area contributed by atoms with Gasteiger partial charge in [-0.2, -0.15) is 0 Å². The summed E-state index contributed by atoms with van der Waals surface area (Å²) in [5.74, 6) is -0.450. The number of piperidine rings is 1. The Labute approximate surface area is 243 Å². The number of hydrogen-bond acceptors (Lipinski definition) is 4. The third kappa shape index (κ3) is 20.0. The van der Waals surface area contributed by atoms with Gasteiger partial charge in [0.2, 0.25) is 18.2 Å². The molecule has 1 unspecified atom stereocenters. The molecule has 0 saturated carbocycles. The van der Waals surface area contributed by atoms with Crippen LogP contribution in [0.3, 0.4) is 0 Å². The summed E-state index contributed by atoms with van der Waals surface area (Å²) < 4.78 is 12.4. The van der Waals surface area contributed by atoms with E-state index in [9.17, 15) is 18.8 Å². The Bertz CT molecular complexity index is 843. The van der Waals surface area contributed by atoms with Crippen LogP contribution in [0, 0.1) is 5.41 Å². The third-order valence-electron chi connectivity index (χ3n) is 6.14. The standard InChI is InChI=1S/C17H31N3O2.C13H18FNO.C2H6/c1-4-15-8-5-6-12-20(15)13-7-10-19-16(22)17(2,3)9-11-18-14-21;1-4-6-7-13(16)15-10-12(5-2)9-8-11(3)14;1-2/h9,11,14-15H,4-8,10,12-13H2,1-3H3,(H,18,21)(H,19,22);5-9H,2,4,10H2,1,3H3,(H,15,16);1-2H3/b11-9+;7-6+,11-8+,12-9+;. The minimum Gasteiger partial charge on any atom is -0.355 e. The van der Waals surface area contributed by atoms with Crippen molar-refractivity contribution in [3.63, 3.8) is 0 Å². The van der Waals surface area contributed by atoms with Crippen LogP contribution >= 0.6 is 0 Å². The number of halogens is 1. The molecular formula is C32H55FN4O3. The minimum absolute atomic E-state index is 0.0119. The highest BCUT2D eigenvalue weighted by Gasteiger charge is 2.24. The molecular weight excluding hydrogens is 507 g/mol. The molecule has 0 spiro atoms. The van der Waals surface area contributed by atoms with Gasteiger partial charge in [-0.3, -0.25) is 14.4 Å². The van der Waals surface area contributed by atoms with Crippen LogP contribution in [0.4, 0.5) is 4.39 Å². The van der Waals surface area contributed by atoms with Gasteiger partial charge in [0.15, 0.2) is 0 Å². The van der Waals surface area contributed by atoms with Crippen LogP contribution in [-0.4, -0.2) is 55.3 Å². The van der Waals surface area contributed by atoms with Crippen molar-refractivity contribution in [1.29, 1.82) is 0 Å². The minimum atomic E-state index is -0.618. The van der Waals surface area contributed by atoms with Gasteiger partial charge >= 0.3 is 0 Å². The van der Waals surface area contributed by atoms with Gasteiger partial charge in [0, 0.05) is 31.9 Å². The normalized spacial score (nSPS) is 16.4. The average molecular weight is 563 g/mol. The maximum Gasteiger partial charge on any atom is 0.243 e. The fourth-order valence-corrected chi connectivity index (χ4v) is 3.79. The van der Waals surface area contributed by atoms with Crippen molar-refractivity contribution in [1.82, 2.24) is 20.9 Å². The first-order valence-electron chi connectivity index (χ1n) is 14.6. The first kappa shape index (κ1) is 39.1. The largest absolute Gasteiger partial charge is 0.355 e. The van der Waals surface area contributed by atoms with Crippen LogP contribution in [0.1, 0.15) is 87.0 Å². The number of rotatable bonds is 15. The predicted octanol–water partition coefficient (Wildman–Crippen LogP) is 6.12. The summed E-state index contributed by atoms with van der Waals surface area (Å²) in [5, 5.41) is 8.10. The number of amides is 3. The molecule has 7 nitrogen and oxygen atoms in total. The predicted molar refractivity (Wildman–Crippen MR) is 166 cm³/mol. The van der Waals surface area contributed by atoms with Crippen molar-refractivity contribution in [3.8, 4) is 0 Å². The molecule has 1 fully saturated rings. The summed E-state index contributed by atoms with van der Waals surface area (Å²) >= 11 is 0. The number of likely N-dealkylation sites (tertiary alicyclic amines) is 1. The Kier molecular flexibility index (Phi) is 24.5. The third-order valence-corrected chi connectivity index (χ3v) is 6.14. The fraction of sp³-hybridized carbons (Fsp3) is 0.594. The summed E-state index contributed by atoms with van der Waals surface area (Å²) in [6.45, 7) is 20.1. The molecule has 0 bridgehead atoms. The average Bonchev–Trinajstić information content (AvgIpc) is 2.95. The van der Waals surface area contributed by atoms with E-state index in [1.807, 2.05) is 34.6 Å². The molecule has 8 heteroatoms. The lowest BCUT2D eigenvalue weighted by Gasteiger charge is -2.35. The number of hydrogen-bond donors (Lipinski definition) is 3. The van der Waals surface area contributed by atoms with Crippen LogP contribution < -0.4 is 16.0 Å². The first-order chi connectivity index (χ1) is 19.1. The number of carbonyl (C=O) groups excluding carboxylic acids is 3. The molecule has 1 saturated heterocycles. The number of carbonyl (C=O) groups is 3. The molecule has 3 amide bonds. The van der Waals surface area contributed by atoms with Gasteiger partial charge in [0.05, 0.1) is 11.2 Å². The number of nitrogens with zero attached hydrogens (tertiary/aromatic N) is 1. The van der Waals surface area contributed by atoms with Crippen molar-refractivity contribution < 1.29 is 18.8 Å². The number of allylic oxidation sites excluding steroid dienone is 4. The van der Waals surface area contributed by atoms with E-state index in [0.717, 1.165) is 31.0 Å². The fourth-order valence-electron chi connectivity index (χ4n) is 3.79. The summed E-state index contributed by atoms with van der Waals surface area (Å²) in [6, 6.07) is 0.721. The number of nitrogens with one attached hydrogen (secondary N) is 3. The molecule has 0 aliphatic carbocycles. The van der Waals surface area contributed by atoms with E-state index in [4.69, 9.17) is 0 Å². The van der Waals surface area contributed by atoms with Gasteiger partial charge in [0.25, 0.3) is 0 Å². The van der Waals surface area contributed by atoms with E-state index >= 15 is 0 Å². The van der Waals surface area contributed by atoms with E-state index in [-0.39, 0.29) is 17.6 Å². The molecule has 1 aliphatic heterocycles. The van der Waals surface area contributed by atoms with Crippen LogP contribution in [0.15, 0.2) is 60.6 Å². The highest BCUT2D eigenvalue weighted by Crippen LogP contribution is 2.19. The van der Waals surface area contributed by atoms with E-state index in [2.05, 4.69) is 34.4 Å².